The fourth-order valence-corrected chi connectivity index (χ4v) is 3.02. The normalized spacial score (nSPS) is 15.4. The number of carbonyl (C=O) groups is 1. The van der Waals surface area contributed by atoms with Crippen molar-refractivity contribution in [3.05, 3.63) is 43.5 Å². The van der Waals surface area contributed by atoms with Gasteiger partial charge in [-0.1, -0.05) is 13.8 Å². The van der Waals surface area contributed by atoms with Crippen LogP contribution in [0, 0.1) is 33.1 Å². The van der Waals surface area contributed by atoms with Crippen molar-refractivity contribution >= 4 is 17.3 Å². The summed E-state index contributed by atoms with van der Waals surface area (Å²) >= 11 is 0. The van der Waals surface area contributed by atoms with Crippen LogP contribution >= 0.6 is 0 Å². The van der Waals surface area contributed by atoms with Crippen LogP contribution in [0.15, 0.2) is 12.1 Å². The quantitative estimate of drug-likeness (QED) is 0.595. The molecule has 1 heterocycles. The second kappa shape index (κ2) is 7.56. The number of carbonyl (C=O) groups excluding carboxylic acids is 1. The van der Waals surface area contributed by atoms with E-state index in [0.29, 0.717) is 19.0 Å². The number of benzene rings is 1. The van der Waals surface area contributed by atoms with Crippen LogP contribution in [0.4, 0.5) is 11.4 Å². The van der Waals surface area contributed by atoms with Gasteiger partial charge in [-0.15, -0.1) is 0 Å². The maximum absolute atomic E-state index is 12.8. The molecular weight excluding hydrogens is 328 g/mol. The number of nitro benzene ring substituents is 2. The van der Waals surface area contributed by atoms with Gasteiger partial charge in [0, 0.05) is 44.4 Å². The Balaban J connectivity index is 2.25. The Morgan fingerprint density at radius 1 is 1.12 bits per heavy atom. The smallest absolute Gasteiger partial charge is 0.279 e. The second-order valence-corrected chi connectivity index (χ2v) is 6.64. The molecule has 1 fully saturated rings. The van der Waals surface area contributed by atoms with E-state index in [1.54, 1.807) is 4.90 Å². The van der Waals surface area contributed by atoms with Crippen molar-refractivity contribution in [2.75, 3.05) is 32.7 Å². The Morgan fingerprint density at radius 2 is 1.72 bits per heavy atom. The van der Waals surface area contributed by atoms with Gasteiger partial charge >= 0.3 is 0 Å². The molecule has 0 atom stereocenters. The van der Waals surface area contributed by atoms with Crippen molar-refractivity contribution in [2.45, 2.75) is 20.8 Å². The highest BCUT2D eigenvalue weighted by atomic mass is 16.6. The van der Waals surface area contributed by atoms with Gasteiger partial charge in [0.2, 0.25) is 0 Å². The molecule has 0 radical (unpaired) electrons. The van der Waals surface area contributed by atoms with Crippen LogP contribution in [-0.4, -0.2) is 58.3 Å². The molecule has 0 aliphatic carbocycles. The van der Waals surface area contributed by atoms with Crippen LogP contribution < -0.4 is 0 Å². The minimum Gasteiger partial charge on any atom is -0.336 e. The summed E-state index contributed by atoms with van der Waals surface area (Å²) in [5.74, 6) is 0.136. The predicted molar refractivity (Wildman–Crippen MR) is 91.7 cm³/mol. The monoisotopic (exact) mass is 350 g/mol. The lowest BCUT2D eigenvalue weighted by Gasteiger charge is -2.35. The van der Waals surface area contributed by atoms with Crippen molar-refractivity contribution in [1.29, 1.82) is 0 Å². The number of non-ortho nitro benzene ring substituents is 1. The first-order valence-corrected chi connectivity index (χ1v) is 8.15. The van der Waals surface area contributed by atoms with E-state index in [1.165, 1.54) is 6.92 Å². The second-order valence-electron chi connectivity index (χ2n) is 6.64. The molecular formula is C16H22N4O5. The molecule has 25 heavy (non-hydrogen) atoms. The maximum atomic E-state index is 12.8. The zero-order valence-electron chi connectivity index (χ0n) is 14.6. The van der Waals surface area contributed by atoms with Crippen LogP contribution in [0.2, 0.25) is 0 Å². The molecule has 1 aliphatic heterocycles. The summed E-state index contributed by atoms with van der Waals surface area (Å²) in [5, 5.41) is 22.2. The van der Waals surface area contributed by atoms with Gasteiger partial charge in [0.05, 0.1) is 21.5 Å². The Kier molecular flexibility index (Phi) is 5.68. The van der Waals surface area contributed by atoms with Crippen molar-refractivity contribution in [2.24, 2.45) is 5.92 Å². The van der Waals surface area contributed by atoms with Gasteiger partial charge in [0.15, 0.2) is 0 Å². The fourth-order valence-electron chi connectivity index (χ4n) is 3.02. The van der Waals surface area contributed by atoms with Crippen molar-refractivity contribution in [3.8, 4) is 0 Å². The minimum atomic E-state index is -0.718. The summed E-state index contributed by atoms with van der Waals surface area (Å²) in [5.41, 5.74) is -0.668. The molecule has 2 rings (SSSR count). The summed E-state index contributed by atoms with van der Waals surface area (Å²) < 4.78 is 0. The molecule has 1 aliphatic rings. The molecule has 0 unspecified atom stereocenters. The summed E-state index contributed by atoms with van der Waals surface area (Å²) in [7, 11) is 0. The molecule has 1 aromatic rings. The summed E-state index contributed by atoms with van der Waals surface area (Å²) in [6, 6.07) is 2.03. The van der Waals surface area contributed by atoms with Crippen LogP contribution in [0.1, 0.15) is 29.8 Å². The van der Waals surface area contributed by atoms with Gasteiger partial charge in [-0.05, 0) is 12.8 Å². The molecule has 1 amide bonds. The van der Waals surface area contributed by atoms with E-state index >= 15 is 0 Å². The van der Waals surface area contributed by atoms with Crippen molar-refractivity contribution < 1.29 is 14.6 Å². The van der Waals surface area contributed by atoms with Crippen molar-refractivity contribution in [3.63, 3.8) is 0 Å². The maximum Gasteiger partial charge on any atom is 0.279 e. The third-order valence-corrected chi connectivity index (χ3v) is 4.29. The van der Waals surface area contributed by atoms with Gasteiger partial charge in [0.25, 0.3) is 17.3 Å². The lowest BCUT2D eigenvalue weighted by atomic mass is 10.0. The number of hydrogen-bond donors (Lipinski definition) is 0. The van der Waals surface area contributed by atoms with Gasteiger partial charge in [-0.2, -0.15) is 0 Å². The SMILES string of the molecule is Cc1c(C(=O)N2CCN(CC(C)C)CC2)cc([N+](=O)[O-])cc1[N+](=O)[O-]. The average Bonchev–Trinajstić information content (AvgIpc) is 2.54. The minimum absolute atomic E-state index is 0.0261. The lowest BCUT2D eigenvalue weighted by Crippen LogP contribution is -2.49. The molecule has 0 saturated carbocycles. The first-order valence-electron chi connectivity index (χ1n) is 8.15. The highest BCUT2D eigenvalue weighted by Gasteiger charge is 2.29. The molecule has 1 aromatic carbocycles. The third kappa shape index (κ3) is 4.30. The Hall–Kier alpha value is -2.55. The average molecular weight is 350 g/mol. The molecule has 1 saturated heterocycles. The Bertz CT molecular complexity index is 696. The lowest BCUT2D eigenvalue weighted by molar-refractivity contribution is -0.394. The Morgan fingerprint density at radius 3 is 2.20 bits per heavy atom. The molecule has 0 bridgehead atoms. The molecule has 9 heteroatoms. The van der Waals surface area contributed by atoms with Gasteiger partial charge in [0.1, 0.15) is 0 Å². The number of rotatable bonds is 5. The number of hydrogen-bond acceptors (Lipinski definition) is 6. The van der Waals surface area contributed by atoms with E-state index in [9.17, 15) is 25.0 Å². The first-order chi connectivity index (χ1) is 11.7. The number of nitro groups is 2. The van der Waals surface area contributed by atoms with Gasteiger partial charge in [-0.25, -0.2) is 0 Å². The number of amides is 1. The van der Waals surface area contributed by atoms with Crippen LogP contribution in [0.5, 0.6) is 0 Å². The van der Waals surface area contributed by atoms with E-state index in [4.69, 9.17) is 0 Å². The van der Waals surface area contributed by atoms with E-state index in [1.807, 2.05) is 0 Å². The zero-order valence-corrected chi connectivity index (χ0v) is 14.6. The topological polar surface area (TPSA) is 110 Å². The van der Waals surface area contributed by atoms with E-state index in [0.717, 1.165) is 31.8 Å². The zero-order chi connectivity index (χ0) is 18.7. The molecule has 9 nitrogen and oxygen atoms in total. The van der Waals surface area contributed by atoms with E-state index in [-0.39, 0.29) is 11.1 Å². The van der Waals surface area contributed by atoms with Crippen molar-refractivity contribution in [1.82, 2.24) is 9.80 Å². The van der Waals surface area contributed by atoms with Crippen LogP contribution in [-0.2, 0) is 0 Å². The Labute approximate surface area is 145 Å². The highest BCUT2D eigenvalue weighted by molar-refractivity contribution is 5.97. The fraction of sp³-hybridized carbons (Fsp3) is 0.562. The third-order valence-electron chi connectivity index (χ3n) is 4.29. The van der Waals surface area contributed by atoms with Crippen LogP contribution in [0.25, 0.3) is 0 Å². The van der Waals surface area contributed by atoms with E-state index < -0.39 is 27.1 Å². The molecule has 136 valence electrons. The molecule has 0 N–H and O–H groups in total. The summed E-state index contributed by atoms with van der Waals surface area (Å²) in [6.07, 6.45) is 0. The number of nitrogens with zero attached hydrogens (tertiary/aromatic N) is 4. The molecule has 0 aromatic heterocycles. The highest BCUT2D eigenvalue weighted by Crippen LogP contribution is 2.29. The molecule has 0 spiro atoms. The summed E-state index contributed by atoms with van der Waals surface area (Å²) in [6.45, 7) is 9.10. The largest absolute Gasteiger partial charge is 0.336 e. The van der Waals surface area contributed by atoms with Gasteiger partial charge < -0.3 is 4.90 Å². The number of piperazine rings is 1. The predicted octanol–water partition coefficient (Wildman–Crippen LogP) is 2.23. The van der Waals surface area contributed by atoms with Crippen LogP contribution in [0.3, 0.4) is 0 Å². The first kappa shape index (κ1) is 18.8. The van der Waals surface area contributed by atoms with Gasteiger partial charge in [-0.3, -0.25) is 29.9 Å². The standard InChI is InChI=1S/C16H22N4O5/c1-11(2)10-17-4-6-18(7-5-17)16(21)14-8-13(19(22)23)9-15(12(14)3)20(24)25/h8-9,11H,4-7,10H2,1-3H3. The summed E-state index contributed by atoms with van der Waals surface area (Å²) in [4.78, 5) is 37.4. The van der Waals surface area contributed by atoms with E-state index in [2.05, 4.69) is 18.7 Å².